The van der Waals surface area contributed by atoms with Crippen LogP contribution in [0.3, 0.4) is 0 Å². The van der Waals surface area contributed by atoms with E-state index in [-0.39, 0.29) is 18.2 Å². The van der Waals surface area contributed by atoms with Crippen LogP contribution >= 0.6 is 0 Å². The van der Waals surface area contributed by atoms with Crippen molar-refractivity contribution in [1.82, 2.24) is 14.5 Å². The van der Waals surface area contributed by atoms with Gasteiger partial charge < -0.3 is 28.3 Å². The standard InChI is InChI=1S/C38H42N4O6/c1-2-45-35-26-30(14-17-33(35)46-27-31-28-47-36(39-31)19-16-29-10-5-3-6-11-29)15-18-34-37(43)42(38(44)48-34)21-9-20-40-22-24-41(25-23-40)32-12-7-4-8-13-32/h3-8,10-14,16-17,19,26,28,43H,2,9,15,18,20-25,27H2,1H3. The molecule has 1 saturated heterocycles. The Morgan fingerprint density at radius 2 is 1.65 bits per heavy atom. The van der Waals surface area contributed by atoms with Gasteiger partial charge in [0.15, 0.2) is 17.3 Å². The molecule has 1 fully saturated rings. The molecular weight excluding hydrogens is 608 g/mol. The topological polar surface area (TPSA) is 106 Å². The zero-order valence-electron chi connectivity index (χ0n) is 27.3. The van der Waals surface area contributed by atoms with Crippen molar-refractivity contribution in [1.29, 1.82) is 0 Å². The average molecular weight is 651 g/mol. The fourth-order valence-corrected chi connectivity index (χ4v) is 5.83. The van der Waals surface area contributed by atoms with Crippen molar-refractivity contribution in [3.63, 3.8) is 0 Å². The number of ether oxygens (including phenoxy) is 2. The van der Waals surface area contributed by atoms with E-state index in [1.807, 2.05) is 73.7 Å². The number of aryl methyl sites for hydroxylation is 2. The van der Waals surface area contributed by atoms with E-state index in [0.717, 1.165) is 50.3 Å². The van der Waals surface area contributed by atoms with Crippen LogP contribution in [0.25, 0.3) is 12.2 Å². The number of aromatic hydroxyl groups is 1. The second kappa shape index (κ2) is 16.1. The first-order valence-electron chi connectivity index (χ1n) is 16.6. The van der Waals surface area contributed by atoms with Gasteiger partial charge in [0.25, 0.3) is 0 Å². The molecule has 10 nitrogen and oxygen atoms in total. The van der Waals surface area contributed by atoms with Crippen LogP contribution in [0.1, 0.15) is 41.8 Å². The lowest BCUT2D eigenvalue weighted by molar-refractivity contribution is 0.247. The highest BCUT2D eigenvalue weighted by molar-refractivity contribution is 5.65. The molecule has 5 aromatic rings. The van der Waals surface area contributed by atoms with Crippen molar-refractivity contribution in [2.45, 2.75) is 39.3 Å². The summed E-state index contributed by atoms with van der Waals surface area (Å²) in [6.07, 6.45) is 7.02. The molecule has 0 saturated carbocycles. The normalized spacial score (nSPS) is 13.7. The zero-order valence-corrected chi connectivity index (χ0v) is 27.3. The van der Waals surface area contributed by atoms with E-state index < -0.39 is 5.76 Å². The third kappa shape index (κ3) is 8.57. The number of nitrogens with zero attached hydrogens (tertiary/aromatic N) is 4. The molecule has 0 radical (unpaired) electrons. The second-order valence-corrected chi connectivity index (χ2v) is 11.7. The third-order valence-corrected chi connectivity index (χ3v) is 8.40. The van der Waals surface area contributed by atoms with Gasteiger partial charge in [-0.25, -0.2) is 14.3 Å². The van der Waals surface area contributed by atoms with E-state index in [1.165, 1.54) is 10.3 Å². The molecule has 0 spiro atoms. The molecule has 0 bridgehead atoms. The summed E-state index contributed by atoms with van der Waals surface area (Å²) in [5, 5.41) is 10.8. The van der Waals surface area contributed by atoms with E-state index >= 15 is 0 Å². The monoisotopic (exact) mass is 650 g/mol. The molecule has 0 amide bonds. The first-order chi connectivity index (χ1) is 23.6. The quantitative estimate of drug-likeness (QED) is 0.140. The van der Waals surface area contributed by atoms with Crippen LogP contribution in [-0.2, 0) is 26.0 Å². The number of para-hydroxylation sites is 1. The van der Waals surface area contributed by atoms with Gasteiger partial charge in [-0.15, -0.1) is 0 Å². The van der Waals surface area contributed by atoms with Crippen LogP contribution in [0.4, 0.5) is 5.69 Å². The van der Waals surface area contributed by atoms with E-state index in [4.69, 9.17) is 18.3 Å². The number of anilines is 1. The number of benzene rings is 3. The van der Waals surface area contributed by atoms with Gasteiger partial charge >= 0.3 is 5.76 Å². The summed E-state index contributed by atoms with van der Waals surface area (Å²) in [4.78, 5) is 21.9. The summed E-state index contributed by atoms with van der Waals surface area (Å²) in [5.74, 6) is 1.37. The zero-order chi connectivity index (χ0) is 33.1. The van der Waals surface area contributed by atoms with Crippen molar-refractivity contribution in [3.8, 4) is 17.4 Å². The first-order valence-corrected chi connectivity index (χ1v) is 16.6. The highest BCUT2D eigenvalue weighted by atomic mass is 16.5. The molecule has 2 aromatic heterocycles. The van der Waals surface area contributed by atoms with Gasteiger partial charge in [0.1, 0.15) is 18.6 Å². The molecule has 0 unspecified atom stereocenters. The number of hydrogen-bond donors (Lipinski definition) is 1. The fraction of sp³-hybridized carbons (Fsp3) is 0.316. The molecule has 3 heterocycles. The van der Waals surface area contributed by atoms with Gasteiger partial charge in [0, 0.05) is 50.9 Å². The molecule has 6 rings (SSSR count). The van der Waals surface area contributed by atoms with Crippen molar-refractivity contribution >= 4 is 17.8 Å². The van der Waals surface area contributed by atoms with Gasteiger partial charge in [-0.2, -0.15) is 0 Å². The lowest BCUT2D eigenvalue weighted by atomic mass is 10.1. The van der Waals surface area contributed by atoms with Gasteiger partial charge in [0.05, 0.1) is 6.61 Å². The Labute approximate surface area is 280 Å². The van der Waals surface area contributed by atoms with Crippen molar-refractivity contribution in [2.24, 2.45) is 0 Å². The van der Waals surface area contributed by atoms with Crippen LogP contribution in [0.5, 0.6) is 17.4 Å². The maximum atomic E-state index is 12.6. The van der Waals surface area contributed by atoms with Crippen LogP contribution in [0.15, 0.2) is 98.8 Å². The van der Waals surface area contributed by atoms with Crippen LogP contribution in [0, 0.1) is 0 Å². The van der Waals surface area contributed by atoms with Crippen molar-refractivity contribution in [3.05, 3.63) is 124 Å². The van der Waals surface area contributed by atoms with Crippen LogP contribution in [-0.4, -0.2) is 58.9 Å². The Morgan fingerprint density at radius 3 is 2.42 bits per heavy atom. The summed E-state index contributed by atoms with van der Waals surface area (Å²) in [6, 6.07) is 26.1. The summed E-state index contributed by atoms with van der Waals surface area (Å²) in [6.45, 7) is 7.74. The van der Waals surface area contributed by atoms with Gasteiger partial charge in [0.2, 0.25) is 11.8 Å². The molecule has 0 atom stereocenters. The summed E-state index contributed by atoms with van der Waals surface area (Å²) in [7, 11) is 0. The fourth-order valence-electron chi connectivity index (χ4n) is 5.83. The molecule has 250 valence electrons. The minimum atomic E-state index is -0.526. The maximum absolute atomic E-state index is 12.6. The van der Waals surface area contributed by atoms with Gasteiger partial charge in [-0.05, 0) is 67.8 Å². The van der Waals surface area contributed by atoms with Gasteiger partial charge in [-0.1, -0.05) is 54.6 Å². The Kier molecular flexibility index (Phi) is 10.9. The Bertz CT molecular complexity index is 1820. The molecule has 3 aromatic carbocycles. The minimum absolute atomic E-state index is 0.0931. The van der Waals surface area contributed by atoms with Crippen molar-refractivity contribution < 1.29 is 23.4 Å². The highest BCUT2D eigenvalue weighted by Gasteiger charge is 2.19. The molecule has 10 heteroatoms. The molecule has 1 aliphatic rings. The number of piperazine rings is 1. The first kappa shape index (κ1) is 32.7. The molecule has 48 heavy (non-hydrogen) atoms. The van der Waals surface area contributed by atoms with Gasteiger partial charge in [-0.3, -0.25) is 4.90 Å². The summed E-state index contributed by atoms with van der Waals surface area (Å²) >= 11 is 0. The minimum Gasteiger partial charge on any atom is -0.492 e. The van der Waals surface area contributed by atoms with E-state index in [2.05, 4.69) is 39.0 Å². The largest absolute Gasteiger partial charge is 0.492 e. The van der Waals surface area contributed by atoms with E-state index in [9.17, 15) is 9.90 Å². The smallest absolute Gasteiger partial charge is 0.422 e. The van der Waals surface area contributed by atoms with Crippen LogP contribution < -0.4 is 20.1 Å². The number of hydrogen-bond acceptors (Lipinski definition) is 9. The Morgan fingerprint density at radius 1 is 0.875 bits per heavy atom. The van der Waals surface area contributed by atoms with Crippen LogP contribution in [0.2, 0.25) is 0 Å². The van der Waals surface area contributed by atoms with E-state index in [0.29, 0.717) is 49.1 Å². The lowest BCUT2D eigenvalue weighted by Crippen LogP contribution is -2.46. The Balaban J connectivity index is 0.983. The second-order valence-electron chi connectivity index (χ2n) is 11.7. The Hall–Kier alpha value is -5.22. The number of aromatic nitrogens is 2. The maximum Gasteiger partial charge on any atom is 0.422 e. The molecule has 1 N–H and O–H groups in total. The summed E-state index contributed by atoms with van der Waals surface area (Å²) < 4.78 is 24.3. The van der Waals surface area contributed by atoms with Crippen molar-refractivity contribution in [2.75, 3.05) is 44.2 Å². The highest BCUT2D eigenvalue weighted by Crippen LogP contribution is 2.30. The predicted octanol–water partition coefficient (Wildman–Crippen LogP) is 6.28. The average Bonchev–Trinajstić information content (AvgIpc) is 3.70. The predicted molar refractivity (Wildman–Crippen MR) is 186 cm³/mol. The third-order valence-electron chi connectivity index (χ3n) is 8.40. The lowest BCUT2D eigenvalue weighted by Gasteiger charge is -2.36. The number of oxazole rings is 2. The number of rotatable bonds is 15. The molecular formula is C38H42N4O6. The SMILES string of the molecule is CCOc1cc(CCc2oc(=O)n(CCCN3CCN(c4ccccc4)CC3)c2O)ccc1OCc1coc(C=Cc2ccccc2)n1. The molecule has 1 aliphatic heterocycles. The van der Waals surface area contributed by atoms with E-state index in [1.54, 1.807) is 6.26 Å². The summed E-state index contributed by atoms with van der Waals surface area (Å²) in [5.41, 5.74) is 3.94. The molecule has 0 aliphatic carbocycles.